The summed E-state index contributed by atoms with van der Waals surface area (Å²) in [6.07, 6.45) is 7.57. The molecule has 1 aliphatic rings. The molecule has 1 unspecified atom stereocenters. The van der Waals surface area contributed by atoms with Crippen LogP contribution in [0.1, 0.15) is 46.0 Å². The molecule has 1 atom stereocenters. The molecule has 0 amide bonds. The van der Waals surface area contributed by atoms with Gasteiger partial charge in [-0.1, -0.05) is 26.2 Å². The maximum Gasteiger partial charge on any atom is 0.335 e. The number of rotatable bonds is 6. The van der Waals surface area contributed by atoms with Gasteiger partial charge in [0.05, 0.1) is 5.57 Å². The largest absolute Gasteiger partial charge is 0.459 e. The third kappa shape index (κ3) is 4.36. The molecule has 0 spiro atoms. The van der Waals surface area contributed by atoms with Gasteiger partial charge in [0, 0.05) is 19.2 Å². The van der Waals surface area contributed by atoms with Crippen molar-refractivity contribution in [2.75, 3.05) is 6.54 Å². The lowest BCUT2D eigenvalue weighted by Crippen LogP contribution is -2.09. The summed E-state index contributed by atoms with van der Waals surface area (Å²) in [5, 5.41) is 3.17. The van der Waals surface area contributed by atoms with Gasteiger partial charge in [0.15, 0.2) is 0 Å². The molecule has 0 aromatic carbocycles. The molecule has 1 rings (SSSR count). The molecule has 1 fully saturated rings. The molecule has 3 nitrogen and oxygen atoms in total. The van der Waals surface area contributed by atoms with Crippen LogP contribution in [-0.4, -0.2) is 18.6 Å². The standard InChI is InChI=1S/C12H21NO2/c1-3-4-5-6-7-13-9-11-8-10(2)15-12(11)14/h9-10,13H,3-8H2,1-2H3/b11-9-. The Kier molecular flexibility index (Phi) is 5.22. The first-order chi connectivity index (χ1) is 7.24. The summed E-state index contributed by atoms with van der Waals surface area (Å²) in [6.45, 7) is 5.07. The summed E-state index contributed by atoms with van der Waals surface area (Å²) in [5.74, 6) is -0.163. The zero-order valence-electron chi connectivity index (χ0n) is 9.71. The summed E-state index contributed by atoms with van der Waals surface area (Å²) in [7, 11) is 0. The summed E-state index contributed by atoms with van der Waals surface area (Å²) >= 11 is 0. The average Bonchev–Trinajstić information content (AvgIpc) is 2.51. The average molecular weight is 211 g/mol. The van der Waals surface area contributed by atoms with Crippen molar-refractivity contribution in [1.82, 2.24) is 5.32 Å². The molecule has 3 heteroatoms. The fourth-order valence-corrected chi connectivity index (χ4v) is 1.66. The van der Waals surface area contributed by atoms with Crippen LogP contribution < -0.4 is 5.32 Å². The normalized spacial score (nSPS) is 23.2. The van der Waals surface area contributed by atoms with Crippen LogP contribution in [-0.2, 0) is 9.53 Å². The van der Waals surface area contributed by atoms with Crippen LogP contribution in [0.3, 0.4) is 0 Å². The smallest absolute Gasteiger partial charge is 0.335 e. The van der Waals surface area contributed by atoms with Crippen LogP contribution in [0.2, 0.25) is 0 Å². The lowest BCUT2D eigenvalue weighted by molar-refractivity contribution is -0.138. The van der Waals surface area contributed by atoms with E-state index in [4.69, 9.17) is 4.74 Å². The van der Waals surface area contributed by atoms with Crippen LogP contribution in [0.15, 0.2) is 11.8 Å². The summed E-state index contributed by atoms with van der Waals surface area (Å²) in [6, 6.07) is 0. The Bertz CT molecular complexity index is 236. The predicted octanol–water partition coefficient (Wildman–Crippen LogP) is 2.38. The number of cyclic esters (lactones) is 1. The van der Waals surface area contributed by atoms with Gasteiger partial charge in [-0.2, -0.15) is 0 Å². The number of unbranched alkanes of at least 4 members (excludes halogenated alkanes) is 3. The van der Waals surface area contributed by atoms with Crippen molar-refractivity contribution in [3.05, 3.63) is 11.8 Å². The van der Waals surface area contributed by atoms with E-state index >= 15 is 0 Å². The Morgan fingerprint density at radius 2 is 2.27 bits per heavy atom. The molecule has 15 heavy (non-hydrogen) atoms. The molecule has 1 saturated heterocycles. The highest BCUT2D eigenvalue weighted by atomic mass is 16.5. The van der Waals surface area contributed by atoms with E-state index in [0.29, 0.717) is 0 Å². The van der Waals surface area contributed by atoms with E-state index in [1.807, 2.05) is 13.1 Å². The summed E-state index contributed by atoms with van der Waals surface area (Å²) in [4.78, 5) is 11.2. The third-order valence-electron chi connectivity index (χ3n) is 2.53. The van der Waals surface area contributed by atoms with Crippen molar-refractivity contribution >= 4 is 5.97 Å². The number of carbonyl (C=O) groups excluding carboxylic acids is 1. The molecule has 86 valence electrons. The second-order valence-electron chi connectivity index (χ2n) is 4.10. The maximum atomic E-state index is 11.2. The molecule has 1 N–H and O–H groups in total. The fourth-order valence-electron chi connectivity index (χ4n) is 1.66. The fraction of sp³-hybridized carbons (Fsp3) is 0.750. The molecule has 0 radical (unpaired) electrons. The van der Waals surface area contributed by atoms with E-state index in [0.717, 1.165) is 18.5 Å². The van der Waals surface area contributed by atoms with Crippen LogP contribution in [0.4, 0.5) is 0 Å². The zero-order valence-corrected chi connectivity index (χ0v) is 9.71. The number of nitrogens with one attached hydrogen (secondary N) is 1. The van der Waals surface area contributed by atoms with Crippen LogP contribution in [0.25, 0.3) is 0 Å². The Morgan fingerprint density at radius 1 is 1.47 bits per heavy atom. The van der Waals surface area contributed by atoms with Crippen LogP contribution >= 0.6 is 0 Å². The monoisotopic (exact) mass is 211 g/mol. The highest BCUT2D eigenvalue weighted by Gasteiger charge is 2.24. The number of hydrogen-bond acceptors (Lipinski definition) is 3. The van der Waals surface area contributed by atoms with Crippen molar-refractivity contribution < 1.29 is 9.53 Å². The number of ether oxygens (including phenoxy) is 1. The molecule has 0 bridgehead atoms. The Hall–Kier alpha value is -0.990. The highest BCUT2D eigenvalue weighted by molar-refractivity contribution is 5.90. The van der Waals surface area contributed by atoms with Gasteiger partial charge in [-0.05, 0) is 13.3 Å². The Morgan fingerprint density at radius 3 is 2.87 bits per heavy atom. The molecule has 0 aliphatic carbocycles. The van der Waals surface area contributed by atoms with E-state index in [9.17, 15) is 4.79 Å². The van der Waals surface area contributed by atoms with E-state index in [2.05, 4.69) is 12.2 Å². The van der Waals surface area contributed by atoms with E-state index < -0.39 is 0 Å². The summed E-state index contributed by atoms with van der Waals surface area (Å²) in [5.41, 5.74) is 0.776. The van der Waals surface area contributed by atoms with E-state index in [-0.39, 0.29) is 12.1 Å². The highest BCUT2D eigenvalue weighted by Crippen LogP contribution is 2.18. The molecule has 0 aromatic heterocycles. The lowest BCUT2D eigenvalue weighted by Gasteiger charge is -2.00. The first-order valence-corrected chi connectivity index (χ1v) is 5.87. The predicted molar refractivity (Wildman–Crippen MR) is 60.4 cm³/mol. The van der Waals surface area contributed by atoms with E-state index in [1.165, 1.54) is 25.7 Å². The molecular formula is C12H21NO2. The SMILES string of the molecule is CCCCCCN/C=C1/CC(C)OC1=O. The van der Waals surface area contributed by atoms with Crippen molar-refractivity contribution in [1.29, 1.82) is 0 Å². The van der Waals surface area contributed by atoms with Crippen molar-refractivity contribution in [3.8, 4) is 0 Å². The first kappa shape index (κ1) is 12.1. The number of carbonyl (C=O) groups is 1. The van der Waals surface area contributed by atoms with Gasteiger partial charge < -0.3 is 10.1 Å². The first-order valence-electron chi connectivity index (χ1n) is 5.87. The quantitative estimate of drug-likeness (QED) is 0.416. The number of esters is 1. The lowest BCUT2D eigenvalue weighted by atomic mass is 10.2. The van der Waals surface area contributed by atoms with Crippen molar-refractivity contribution in [2.45, 2.75) is 52.1 Å². The Balaban J connectivity index is 2.12. The van der Waals surface area contributed by atoms with Gasteiger partial charge in [-0.15, -0.1) is 0 Å². The molecule has 1 aliphatic heterocycles. The third-order valence-corrected chi connectivity index (χ3v) is 2.53. The summed E-state index contributed by atoms with van der Waals surface area (Å²) < 4.78 is 5.02. The Labute approximate surface area is 91.9 Å². The maximum absolute atomic E-state index is 11.2. The van der Waals surface area contributed by atoms with Crippen molar-refractivity contribution in [3.63, 3.8) is 0 Å². The molecule has 0 saturated carbocycles. The van der Waals surface area contributed by atoms with E-state index in [1.54, 1.807) is 0 Å². The van der Waals surface area contributed by atoms with Crippen molar-refractivity contribution in [2.24, 2.45) is 0 Å². The zero-order chi connectivity index (χ0) is 11.1. The second-order valence-corrected chi connectivity index (χ2v) is 4.10. The van der Waals surface area contributed by atoms with Gasteiger partial charge >= 0.3 is 5.97 Å². The van der Waals surface area contributed by atoms with Gasteiger partial charge in [0.2, 0.25) is 0 Å². The minimum Gasteiger partial charge on any atom is -0.459 e. The molecular weight excluding hydrogens is 190 g/mol. The second kappa shape index (κ2) is 6.49. The van der Waals surface area contributed by atoms with Gasteiger partial charge in [0.1, 0.15) is 6.10 Å². The van der Waals surface area contributed by atoms with Gasteiger partial charge in [-0.3, -0.25) is 0 Å². The van der Waals surface area contributed by atoms with Crippen LogP contribution in [0.5, 0.6) is 0 Å². The topological polar surface area (TPSA) is 38.3 Å². The molecule has 0 aromatic rings. The van der Waals surface area contributed by atoms with Crippen LogP contribution in [0, 0.1) is 0 Å². The van der Waals surface area contributed by atoms with Gasteiger partial charge in [0.25, 0.3) is 0 Å². The molecule has 1 heterocycles. The minimum absolute atomic E-state index is 0.0469. The number of hydrogen-bond donors (Lipinski definition) is 1. The van der Waals surface area contributed by atoms with Gasteiger partial charge in [-0.25, -0.2) is 4.79 Å². The minimum atomic E-state index is -0.163.